The van der Waals surface area contributed by atoms with E-state index in [1.165, 1.54) is 24.3 Å². The van der Waals surface area contributed by atoms with Crippen molar-refractivity contribution in [2.75, 3.05) is 11.9 Å². The van der Waals surface area contributed by atoms with E-state index >= 15 is 0 Å². The molecule has 0 radical (unpaired) electrons. The first kappa shape index (κ1) is 16.7. The number of nitrogens with zero attached hydrogens (tertiary/aromatic N) is 2. The first-order valence-electron chi connectivity index (χ1n) is 7.90. The molecular weight excluding hydrogens is 321 g/mol. The Bertz CT molecular complexity index is 871. The molecule has 6 heteroatoms. The van der Waals surface area contributed by atoms with E-state index in [0.717, 1.165) is 17.0 Å². The van der Waals surface area contributed by atoms with Crippen LogP contribution in [0.4, 0.5) is 10.3 Å². The second-order valence-electron chi connectivity index (χ2n) is 5.44. The monoisotopic (exact) mass is 339 g/mol. The Morgan fingerprint density at radius 2 is 1.84 bits per heavy atom. The molecule has 5 nitrogen and oxygen atoms in total. The Labute approximate surface area is 145 Å². The van der Waals surface area contributed by atoms with Gasteiger partial charge in [-0.15, -0.1) is 0 Å². The Morgan fingerprint density at radius 3 is 2.48 bits per heavy atom. The zero-order valence-electron chi connectivity index (χ0n) is 14.0. The quantitative estimate of drug-likeness (QED) is 0.767. The Hall–Kier alpha value is -3.15. The van der Waals surface area contributed by atoms with E-state index < -0.39 is 0 Å². The van der Waals surface area contributed by atoms with Gasteiger partial charge in [0.1, 0.15) is 11.6 Å². The number of nitrogens with one attached hydrogen (secondary N) is 1. The average molecular weight is 339 g/mol. The maximum Gasteiger partial charge on any atom is 0.257 e. The highest BCUT2D eigenvalue weighted by Crippen LogP contribution is 2.24. The molecule has 0 saturated heterocycles. The summed E-state index contributed by atoms with van der Waals surface area (Å²) in [5, 5.41) is 2.73. The van der Waals surface area contributed by atoms with E-state index in [1.54, 1.807) is 10.8 Å². The van der Waals surface area contributed by atoms with Crippen LogP contribution in [0.3, 0.4) is 0 Å². The summed E-state index contributed by atoms with van der Waals surface area (Å²) in [6.45, 7) is 2.55. The van der Waals surface area contributed by atoms with E-state index in [1.807, 2.05) is 38.2 Å². The van der Waals surface area contributed by atoms with Crippen LogP contribution >= 0.6 is 0 Å². The maximum absolute atomic E-state index is 13.0. The van der Waals surface area contributed by atoms with Crippen molar-refractivity contribution in [3.63, 3.8) is 0 Å². The largest absolute Gasteiger partial charge is 0.494 e. The zero-order valence-corrected chi connectivity index (χ0v) is 14.0. The number of benzene rings is 2. The third-order valence-electron chi connectivity index (χ3n) is 3.78. The molecule has 1 amide bonds. The smallest absolute Gasteiger partial charge is 0.257 e. The van der Waals surface area contributed by atoms with Gasteiger partial charge in [-0.2, -0.15) is 0 Å². The number of amides is 1. The fourth-order valence-corrected chi connectivity index (χ4v) is 2.46. The van der Waals surface area contributed by atoms with Crippen LogP contribution in [-0.2, 0) is 7.05 Å². The summed E-state index contributed by atoms with van der Waals surface area (Å²) in [4.78, 5) is 16.5. The topological polar surface area (TPSA) is 56.1 Å². The van der Waals surface area contributed by atoms with Crippen LogP contribution in [0.2, 0.25) is 0 Å². The van der Waals surface area contributed by atoms with Crippen molar-refractivity contribution in [2.24, 2.45) is 7.05 Å². The molecule has 3 rings (SSSR count). The summed E-state index contributed by atoms with van der Waals surface area (Å²) >= 11 is 0. The number of halogens is 1. The molecule has 25 heavy (non-hydrogen) atoms. The number of rotatable bonds is 5. The highest BCUT2D eigenvalue weighted by atomic mass is 19.1. The van der Waals surface area contributed by atoms with E-state index in [9.17, 15) is 9.18 Å². The van der Waals surface area contributed by atoms with Gasteiger partial charge in [-0.05, 0) is 55.5 Å². The molecule has 1 heterocycles. The SMILES string of the molecule is CCOc1ccc(-c2cnc(NC(=O)c3ccc(F)cc3)n2C)cc1. The zero-order chi connectivity index (χ0) is 17.8. The Balaban J connectivity index is 1.78. The number of carbonyl (C=O) groups is 1. The van der Waals surface area contributed by atoms with E-state index in [-0.39, 0.29) is 11.7 Å². The molecule has 1 aromatic heterocycles. The maximum atomic E-state index is 13.0. The normalized spacial score (nSPS) is 10.5. The van der Waals surface area contributed by atoms with Gasteiger partial charge >= 0.3 is 0 Å². The molecular formula is C19H18FN3O2. The first-order valence-corrected chi connectivity index (χ1v) is 7.90. The van der Waals surface area contributed by atoms with E-state index in [4.69, 9.17) is 4.74 Å². The predicted octanol–water partition coefficient (Wildman–Crippen LogP) is 3.88. The van der Waals surface area contributed by atoms with Gasteiger partial charge in [0.2, 0.25) is 5.95 Å². The van der Waals surface area contributed by atoms with Crippen LogP contribution in [0.5, 0.6) is 5.75 Å². The van der Waals surface area contributed by atoms with Gasteiger partial charge in [-0.3, -0.25) is 10.1 Å². The van der Waals surface area contributed by atoms with Crippen LogP contribution in [0.25, 0.3) is 11.3 Å². The van der Waals surface area contributed by atoms with E-state index in [2.05, 4.69) is 10.3 Å². The Kier molecular flexibility index (Phi) is 4.79. The lowest BCUT2D eigenvalue weighted by Gasteiger charge is -2.08. The van der Waals surface area contributed by atoms with Crippen molar-refractivity contribution in [1.82, 2.24) is 9.55 Å². The van der Waals surface area contributed by atoms with Crippen molar-refractivity contribution in [3.8, 4) is 17.0 Å². The van der Waals surface area contributed by atoms with Gasteiger partial charge < -0.3 is 9.30 Å². The molecule has 0 spiro atoms. The number of hydrogen-bond donors (Lipinski definition) is 1. The predicted molar refractivity (Wildman–Crippen MR) is 94.2 cm³/mol. The molecule has 1 N–H and O–H groups in total. The number of imidazole rings is 1. The lowest BCUT2D eigenvalue weighted by atomic mass is 10.1. The summed E-state index contributed by atoms with van der Waals surface area (Å²) in [6, 6.07) is 13.0. The minimum atomic E-state index is -0.383. The van der Waals surface area contributed by atoms with Gasteiger partial charge in [0, 0.05) is 18.2 Å². The van der Waals surface area contributed by atoms with Crippen LogP contribution in [0, 0.1) is 5.82 Å². The molecule has 0 aliphatic carbocycles. The summed E-state index contributed by atoms with van der Waals surface area (Å²) in [6.07, 6.45) is 1.69. The number of aromatic nitrogens is 2. The average Bonchev–Trinajstić information content (AvgIpc) is 2.97. The molecule has 0 bridgehead atoms. The lowest BCUT2D eigenvalue weighted by molar-refractivity contribution is 0.102. The number of anilines is 1. The van der Waals surface area contributed by atoms with Crippen molar-refractivity contribution in [2.45, 2.75) is 6.92 Å². The molecule has 0 aliphatic heterocycles. The number of carbonyl (C=O) groups excluding carboxylic acids is 1. The standard InChI is InChI=1S/C19H18FN3O2/c1-3-25-16-10-6-13(7-11-16)17-12-21-19(23(17)2)22-18(24)14-4-8-15(20)9-5-14/h4-12H,3H2,1-2H3,(H,21,22,24). The molecule has 2 aromatic carbocycles. The lowest BCUT2D eigenvalue weighted by Crippen LogP contribution is -2.15. The molecule has 0 aliphatic rings. The van der Waals surface area contributed by atoms with Crippen LogP contribution in [0.15, 0.2) is 54.7 Å². The highest BCUT2D eigenvalue weighted by molar-refractivity contribution is 6.03. The summed E-state index contributed by atoms with van der Waals surface area (Å²) < 4.78 is 20.2. The summed E-state index contributed by atoms with van der Waals surface area (Å²) in [5.74, 6) is 0.495. The minimum Gasteiger partial charge on any atom is -0.494 e. The third kappa shape index (κ3) is 3.68. The Morgan fingerprint density at radius 1 is 1.16 bits per heavy atom. The van der Waals surface area contributed by atoms with Gasteiger partial charge in [0.05, 0.1) is 18.5 Å². The van der Waals surface area contributed by atoms with Crippen molar-refractivity contribution in [1.29, 1.82) is 0 Å². The fourth-order valence-electron chi connectivity index (χ4n) is 2.46. The molecule has 0 atom stereocenters. The fraction of sp³-hybridized carbons (Fsp3) is 0.158. The second kappa shape index (κ2) is 7.17. The molecule has 0 fully saturated rings. The van der Waals surface area contributed by atoms with Crippen LogP contribution in [-0.4, -0.2) is 22.1 Å². The van der Waals surface area contributed by atoms with Crippen molar-refractivity contribution < 1.29 is 13.9 Å². The van der Waals surface area contributed by atoms with Crippen molar-refractivity contribution >= 4 is 11.9 Å². The molecule has 128 valence electrons. The van der Waals surface area contributed by atoms with Crippen LogP contribution in [0.1, 0.15) is 17.3 Å². The molecule has 0 unspecified atom stereocenters. The van der Waals surface area contributed by atoms with Gasteiger partial charge in [0.25, 0.3) is 5.91 Å². The van der Waals surface area contributed by atoms with Crippen molar-refractivity contribution in [3.05, 3.63) is 66.1 Å². The van der Waals surface area contributed by atoms with Gasteiger partial charge in [0.15, 0.2) is 0 Å². The number of hydrogen-bond acceptors (Lipinski definition) is 3. The minimum absolute atomic E-state index is 0.341. The highest BCUT2D eigenvalue weighted by Gasteiger charge is 2.13. The summed E-state index contributed by atoms with van der Waals surface area (Å²) in [7, 11) is 1.82. The van der Waals surface area contributed by atoms with Crippen LogP contribution < -0.4 is 10.1 Å². The number of ether oxygens (including phenoxy) is 1. The second-order valence-corrected chi connectivity index (χ2v) is 5.44. The summed E-state index contributed by atoms with van der Waals surface area (Å²) in [5.41, 5.74) is 2.19. The third-order valence-corrected chi connectivity index (χ3v) is 3.78. The van der Waals surface area contributed by atoms with Gasteiger partial charge in [-0.1, -0.05) is 0 Å². The van der Waals surface area contributed by atoms with E-state index in [0.29, 0.717) is 18.1 Å². The van der Waals surface area contributed by atoms with Gasteiger partial charge in [-0.25, -0.2) is 9.37 Å². The molecule has 0 saturated carbocycles. The first-order chi connectivity index (χ1) is 12.1. The molecule has 3 aromatic rings.